The number of para-hydroxylation sites is 1. The van der Waals surface area contributed by atoms with E-state index in [1.807, 2.05) is 6.07 Å². The van der Waals surface area contributed by atoms with Crippen molar-refractivity contribution in [2.24, 2.45) is 0 Å². The lowest BCUT2D eigenvalue weighted by Gasteiger charge is -2.11. The second-order valence-corrected chi connectivity index (χ2v) is 4.68. The SMILES string of the molecule is Cc1csc(NC(=O)C(F)Oc2ccccc2C#N)n1. The standard InChI is InChI=1S/C13H10FN3O2S/c1-8-7-20-13(16-8)17-12(18)11(14)19-10-5-3-2-4-9(10)6-15/h2-5,7,11H,1H3,(H,16,17,18). The first-order valence-electron chi connectivity index (χ1n) is 5.63. The average Bonchev–Trinajstić information content (AvgIpc) is 2.84. The van der Waals surface area contributed by atoms with E-state index in [0.29, 0.717) is 5.13 Å². The van der Waals surface area contributed by atoms with E-state index < -0.39 is 12.3 Å². The average molecular weight is 291 g/mol. The molecule has 1 unspecified atom stereocenters. The molecule has 0 spiro atoms. The van der Waals surface area contributed by atoms with Gasteiger partial charge in [0.05, 0.1) is 11.3 Å². The summed E-state index contributed by atoms with van der Waals surface area (Å²) in [5.41, 5.74) is 0.893. The lowest BCUT2D eigenvalue weighted by molar-refractivity contribution is -0.129. The molecule has 20 heavy (non-hydrogen) atoms. The fourth-order valence-electron chi connectivity index (χ4n) is 1.40. The van der Waals surface area contributed by atoms with E-state index in [4.69, 9.17) is 10.00 Å². The van der Waals surface area contributed by atoms with Gasteiger partial charge in [0.15, 0.2) is 5.13 Å². The first-order valence-corrected chi connectivity index (χ1v) is 6.51. The summed E-state index contributed by atoms with van der Waals surface area (Å²) in [6.07, 6.45) is -2.21. The van der Waals surface area contributed by atoms with Gasteiger partial charge in [-0.3, -0.25) is 10.1 Å². The van der Waals surface area contributed by atoms with Gasteiger partial charge < -0.3 is 4.74 Å². The predicted octanol–water partition coefficient (Wildman–Crippen LogP) is 2.64. The number of amides is 1. The van der Waals surface area contributed by atoms with Crippen LogP contribution in [0.15, 0.2) is 29.6 Å². The van der Waals surface area contributed by atoms with Gasteiger partial charge in [0.25, 0.3) is 0 Å². The molecule has 2 aromatic rings. The summed E-state index contributed by atoms with van der Waals surface area (Å²) in [6, 6.07) is 7.97. The Kier molecular flexibility index (Phi) is 4.27. The van der Waals surface area contributed by atoms with E-state index in [0.717, 1.165) is 5.69 Å². The third-order valence-corrected chi connectivity index (χ3v) is 3.17. The third-order valence-electron chi connectivity index (χ3n) is 2.29. The number of carbonyl (C=O) groups excluding carboxylic acids is 1. The number of carbonyl (C=O) groups is 1. The number of hydrogen-bond donors (Lipinski definition) is 1. The first-order chi connectivity index (χ1) is 9.60. The van der Waals surface area contributed by atoms with Crippen LogP contribution >= 0.6 is 11.3 Å². The van der Waals surface area contributed by atoms with Crippen LogP contribution in [0.4, 0.5) is 9.52 Å². The maximum atomic E-state index is 13.7. The number of halogens is 1. The monoisotopic (exact) mass is 291 g/mol. The van der Waals surface area contributed by atoms with E-state index in [1.165, 1.54) is 23.5 Å². The molecule has 0 aliphatic heterocycles. The zero-order chi connectivity index (χ0) is 14.5. The van der Waals surface area contributed by atoms with Crippen LogP contribution in [0.2, 0.25) is 0 Å². The van der Waals surface area contributed by atoms with Crippen molar-refractivity contribution in [1.29, 1.82) is 5.26 Å². The van der Waals surface area contributed by atoms with Crippen LogP contribution in [0.25, 0.3) is 0 Å². The van der Waals surface area contributed by atoms with Crippen LogP contribution in [0.1, 0.15) is 11.3 Å². The summed E-state index contributed by atoms with van der Waals surface area (Å²) in [5.74, 6) is -0.944. The molecule has 1 amide bonds. The zero-order valence-corrected chi connectivity index (χ0v) is 11.3. The summed E-state index contributed by atoms with van der Waals surface area (Å²) in [7, 11) is 0. The molecule has 0 bridgehead atoms. The van der Waals surface area contributed by atoms with Crippen molar-refractivity contribution in [3.05, 3.63) is 40.9 Å². The van der Waals surface area contributed by atoms with Gasteiger partial charge in [-0.25, -0.2) is 4.98 Å². The zero-order valence-electron chi connectivity index (χ0n) is 10.5. The molecule has 0 fully saturated rings. The normalized spacial score (nSPS) is 11.4. The quantitative estimate of drug-likeness (QED) is 0.939. The minimum absolute atomic E-state index is 0.0213. The molecule has 0 radical (unpaired) electrons. The van der Waals surface area contributed by atoms with Gasteiger partial charge in [0, 0.05) is 5.38 Å². The summed E-state index contributed by atoms with van der Waals surface area (Å²) >= 11 is 1.19. The number of aryl methyl sites for hydroxylation is 1. The van der Waals surface area contributed by atoms with Crippen molar-refractivity contribution in [2.45, 2.75) is 13.3 Å². The van der Waals surface area contributed by atoms with E-state index in [2.05, 4.69) is 10.3 Å². The van der Waals surface area contributed by atoms with Crippen LogP contribution in [0.5, 0.6) is 5.75 Å². The second kappa shape index (κ2) is 6.12. The highest BCUT2D eigenvalue weighted by Crippen LogP contribution is 2.20. The number of rotatable bonds is 4. The highest BCUT2D eigenvalue weighted by atomic mass is 32.1. The Morgan fingerprint density at radius 1 is 1.55 bits per heavy atom. The van der Waals surface area contributed by atoms with Gasteiger partial charge in [-0.1, -0.05) is 12.1 Å². The molecular formula is C13H10FN3O2S. The smallest absolute Gasteiger partial charge is 0.317 e. The minimum Gasteiger partial charge on any atom is -0.450 e. The van der Waals surface area contributed by atoms with Crippen molar-refractivity contribution >= 4 is 22.4 Å². The van der Waals surface area contributed by atoms with Gasteiger partial charge >= 0.3 is 12.3 Å². The maximum absolute atomic E-state index is 13.7. The Morgan fingerprint density at radius 3 is 2.95 bits per heavy atom. The van der Waals surface area contributed by atoms with Gasteiger partial charge in [0.1, 0.15) is 11.8 Å². The number of hydrogen-bond acceptors (Lipinski definition) is 5. The van der Waals surface area contributed by atoms with Crippen LogP contribution < -0.4 is 10.1 Å². The highest BCUT2D eigenvalue weighted by Gasteiger charge is 2.21. The van der Waals surface area contributed by atoms with Crippen molar-refractivity contribution in [3.63, 3.8) is 0 Å². The molecule has 1 heterocycles. The molecule has 1 atom stereocenters. The molecule has 0 aliphatic carbocycles. The third kappa shape index (κ3) is 3.30. The van der Waals surface area contributed by atoms with Crippen molar-refractivity contribution in [2.75, 3.05) is 5.32 Å². The summed E-state index contributed by atoms with van der Waals surface area (Å²) in [5, 5.41) is 13.2. The minimum atomic E-state index is -2.21. The van der Waals surface area contributed by atoms with Gasteiger partial charge in [-0.15, -0.1) is 11.3 Å². The Morgan fingerprint density at radius 2 is 2.30 bits per heavy atom. The van der Waals surface area contributed by atoms with Gasteiger partial charge in [-0.2, -0.15) is 9.65 Å². The van der Waals surface area contributed by atoms with Crippen LogP contribution in [0.3, 0.4) is 0 Å². The Bertz CT molecular complexity index is 666. The van der Waals surface area contributed by atoms with Gasteiger partial charge in [0.2, 0.25) is 0 Å². The highest BCUT2D eigenvalue weighted by molar-refractivity contribution is 7.13. The summed E-state index contributed by atoms with van der Waals surface area (Å²) in [6.45, 7) is 1.76. The number of thiazole rings is 1. The lowest BCUT2D eigenvalue weighted by atomic mass is 10.2. The second-order valence-electron chi connectivity index (χ2n) is 3.83. The van der Waals surface area contributed by atoms with Crippen molar-refractivity contribution in [1.82, 2.24) is 4.98 Å². The van der Waals surface area contributed by atoms with E-state index in [9.17, 15) is 9.18 Å². The molecule has 0 saturated heterocycles. The van der Waals surface area contributed by atoms with E-state index >= 15 is 0 Å². The summed E-state index contributed by atoms with van der Waals surface area (Å²) in [4.78, 5) is 15.6. The fourth-order valence-corrected chi connectivity index (χ4v) is 2.09. The predicted molar refractivity (Wildman–Crippen MR) is 72.2 cm³/mol. The van der Waals surface area contributed by atoms with Gasteiger partial charge in [-0.05, 0) is 19.1 Å². The van der Waals surface area contributed by atoms with Crippen LogP contribution in [-0.2, 0) is 4.79 Å². The number of anilines is 1. The molecule has 1 aromatic carbocycles. The Labute approximate surface area is 118 Å². The number of nitrogens with zero attached hydrogens (tertiary/aromatic N) is 2. The molecule has 1 aromatic heterocycles. The summed E-state index contributed by atoms with van der Waals surface area (Å²) < 4.78 is 18.6. The maximum Gasteiger partial charge on any atom is 0.317 e. The molecule has 7 heteroatoms. The van der Waals surface area contributed by atoms with Crippen LogP contribution in [-0.4, -0.2) is 17.2 Å². The Balaban J connectivity index is 2.02. The number of alkyl halides is 1. The molecule has 2 rings (SSSR count). The Hall–Kier alpha value is -2.46. The lowest BCUT2D eigenvalue weighted by Crippen LogP contribution is -2.29. The van der Waals surface area contributed by atoms with E-state index in [-0.39, 0.29) is 11.3 Å². The fraction of sp³-hybridized carbons (Fsp3) is 0.154. The molecule has 102 valence electrons. The molecule has 0 saturated carbocycles. The molecule has 0 aliphatic rings. The number of nitrogens with one attached hydrogen (secondary N) is 1. The molecule has 5 nitrogen and oxygen atoms in total. The van der Waals surface area contributed by atoms with Crippen LogP contribution in [0, 0.1) is 18.3 Å². The number of benzene rings is 1. The van der Waals surface area contributed by atoms with Crippen molar-refractivity contribution in [3.8, 4) is 11.8 Å². The topological polar surface area (TPSA) is 75.0 Å². The number of aromatic nitrogens is 1. The number of ether oxygens (including phenoxy) is 1. The largest absolute Gasteiger partial charge is 0.450 e. The van der Waals surface area contributed by atoms with Crippen molar-refractivity contribution < 1.29 is 13.9 Å². The molecule has 1 N–H and O–H groups in total. The number of nitriles is 1. The van der Waals surface area contributed by atoms with E-state index in [1.54, 1.807) is 24.4 Å². The first kappa shape index (κ1) is 14.0. The molecular weight excluding hydrogens is 281 g/mol.